The molecule has 1 unspecified atom stereocenters. The zero-order valence-electron chi connectivity index (χ0n) is 8.86. The van der Waals surface area contributed by atoms with Crippen molar-refractivity contribution in [1.29, 1.82) is 0 Å². The van der Waals surface area contributed by atoms with Crippen LogP contribution in [-0.4, -0.2) is 25.2 Å². The number of aromatic nitrogens is 1. The maximum Gasteiger partial charge on any atom is 0.0543 e. The van der Waals surface area contributed by atoms with Crippen LogP contribution in [0.4, 0.5) is 0 Å². The summed E-state index contributed by atoms with van der Waals surface area (Å²) in [5, 5.41) is 1.24. The van der Waals surface area contributed by atoms with Gasteiger partial charge in [-0.2, -0.15) is 0 Å². The lowest BCUT2D eigenvalue weighted by Gasteiger charge is -2.12. The molecular formula is C12H16N2O. The van der Waals surface area contributed by atoms with Crippen molar-refractivity contribution >= 4 is 10.9 Å². The minimum Gasteiger partial charge on any atom is -0.384 e. The molecule has 1 aromatic carbocycles. The van der Waals surface area contributed by atoms with Crippen LogP contribution in [0.2, 0.25) is 0 Å². The molecule has 1 atom stereocenters. The highest BCUT2D eigenvalue weighted by Gasteiger charge is 2.13. The van der Waals surface area contributed by atoms with Crippen LogP contribution in [0.15, 0.2) is 30.5 Å². The topological polar surface area (TPSA) is 51.0 Å². The van der Waals surface area contributed by atoms with Gasteiger partial charge in [-0.15, -0.1) is 0 Å². The van der Waals surface area contributed by atoms with Gasteiger partial charge in [0.25, 0.3) is 0 Å². The second-order valence-electron chi connectivity index (χ2n) is 3.68. The third-order valence-electron chi connectivity index (χ3n) is 2.71. The Kier molecular flexibility index (Phi) is 3.04. The monoisotopic (exact) mass is 204 g/mol. The smallest absolute Gasteiger partial charge is 0.0543 e. The molecule has 1 heterocycles. The Hall–Kier alpha value is -1.32. The summed E-state index contributed by atoms with van der Waals surface area (Å²) in [5.74, 6) is 0.270. The first-order valence-electron chi connectivity index (χ1n) is 5.12. The van der Waals surface area contributed by atoms with Gasteiger partial charge in [0.2, 0.25) is 0 Å². The third kappa shape index (κ3) is 1.89. The number of methoxy groups -OCH3 is 1. The molecule has 0 spiro atoms. The van der Waals surface area contributed by atoms with Gasteiger partial charge in [0.05, 0.1) is 6.61 Å². The first-order chi connectivity index (χ1) is 7.36. The highest BCUT2D eigenvalue weighted by atomic mass is 16.5. The van der Waals surface area contributed by atoms with Crippen molar-refractivity contribution < 1.29 is 4.74 Å². The summed E-state index contributed by atoms with van der Waals surface area (Å²) in [5.41, 5.74) is 8.15. The van der Waals surface area contributed by atoms with Crippen molar-refractivity contribution in [2.45, 2.75) is 5.92 Å². The third-order valence-corrected chi connectivity index (χ3v) is 2.71. The van der Waals surface area contributed by atoms with Gasteiger partial charge in [-0.05, 0) is 11.6 Å². The van der Waals surface area contributed by atoms with Gasteiger partial charge in [-0.1, -0.05) is 18.2 Å². The number of benzene rings is 1. The standard InChI is InChI=1S/C12H16N2O/c1-15-8-9(6-13)11-7-14-12-5-3-2-4-10(11)12/h2-5,7,9,14H,6,8,13H2,1H3. The van der Waals surface area contributed by atoms with E-state index in [9.17, 15) is 0 Å². The molecular weight excluding hydrogens is 188 g/mol. The predicted molar refractivity (Wildman–Crippen MR) is 62.0 cm³/mol. The molecule has 0 saturated heterocycles. The van der Waals surface area contributed by atoms with Crippen molar-refractivity contribution in [1.82, 2.24) is 4.98 Å². The predicted octanol–water partition coefficient (Wildman–Crippen LogP) is 1.86. The largest absolute Gasteiger partial charge is 0.384 e. The van der Waals surface area contributed by atoms with Gasteiger partial charge in [0, 0.05) is 36.7 Å². The number of nitrogens with two attached hydrogens (primary N) is 1. The van der Waals surface area contributed by atoms with Crippen LogP contribution in [0.25, 0.3) is 10.9 Å². The lowest BCUT2D eigenvalue weighted by Crippen LogP contribution is -2.16. The summed E-state index contributed by atoms with van der Waals surface area (Å²) < 4.78 is 5.17. The first-order valence-corrected chi connectivity index (χ1v) is 5.12. The number of aromatic amines is 1. The van der Waals surface area contributed by atoms with Gasteiger partial charge >= 0.3 is 0 Å². The summed E-state index contributed by atoms with van der Waals surface area (Å²) in [6.07, 6.45) is 2.03. The van der Waals surface area contributed by atoms with Gasteiger partial charge in [-0.25, -0.2) is 0 Å². The lowest BCUT2D eigenvalue weighted by molar-refractivity contribution is 0.181. The summed E-state index contributed by atoms with van der Waals surface area (Å²) >= 11 is 0. The van der Waals surface area contributed by atoms with Crippen molar-refractivity contribution in [2.75, 3.05) is 20.3 Å². The minimum atomic E-state index is 0.270. The van der Waals surface area contributed by atoms with E-state index >= 15 is 0 Å². The normalized spacial score (nSPS) is 13.2. The van der Waals surface area contributed by atoms with Gasteiger partial charge in [0.1, 0.15) is 0 Å². The number of fused-ring (bicyclic) bond motifs is 1. The zero-order valence-corrected chi connectivity index (χ0v) is 8.86. The average molecular weight is 204 g/mol. The highest BCUT2D eigenvalue weighted by Crippen LogP contribution is 2.24. The molecule has 0 aliphatic carbocycles. The number of ether oxygens (including phenoxy) is 1. The molecule has 0 aliphatic rings. The highest BCUT2D eigenvalue weighted by molar-refractivity contribution is 5.83. The summed E-state index contributed by atoms with van der Waals surface area (Å²) in [7, 11) is 1.71. The molecule has 2 rings (SSSR count). The molecule has 2 aromatic rings. The molecule has 0 bridgehead atoms. The average Bonchev–Trinajstić information content (AvgIpc) is 2.70. The Morgan fingerprint density at radius 2 is 2.20 bits per heavy atom. The maximum atomic E-state index is 5.75. The van der Waals surface area contributed by atoms with Crippen LogP contribution in [0.5, 0.6) is 0 Å². The molecule has 0 saturated carbocycles. The Labute approximate surface area is 89.2 Å². The molecule has 0 amide bonds. The van der Waals surface area contributed by atoms with Crippen LogP contribution in [0, 0.1) is 0 Å². The molecule has 1 aromatic heterocycles. The number of hydrogen-bond donors (Lipinski definition) is 2. The van der Waals surface area contributed by atoms with E-state index in [1.54, 1.807) is 7.11 Å². The summed E-state index contributed by atoms with van der Waals surface area (Å²) in [4.78, 5) is 3.25. The Morgan fingerprint density at radius 1 is 1.40 bits per heavy atom. The quantitative estimate of drug-likeness (QED) is 0.798. The van der Waals surface area contributed by atoms with E-state index in [1.807, 2.05) is 18.3 Å². The van der Waals surface area contributed by atoms with Gasteiger partial charge in [-0.3, -0.25) is 0 Å². The van der Waals surface area contributed by atoms with Crippen LogP contribution < -0.4 is 5.73 Å². The molecule has 0 radical (unpaired) electrons. The van der Waals surface area contributed by atoms with E-state index in [-0.39, 0.29) is 5.92 Å². The molecule has 80 valence electrons. The molecule has 3 N–H and O–H groups in total. The minimum absolute atomic E-state index is 0.270. The van der Waals surface area contributed by atoms with E-state index in [0.717, 1.165) is 5.52 Å². The van der Waals surface area contributed by atoms with Gasteiger partial charge in [0.15, 0.2) is 0 Å². The molecule has 3 heteroatoms. The van der Waals surface area contributed by atoms with Crippen molar-refractivity contribution in [3.63, 3.8) is 0 Å². The molecule has 0 aliphatic heterocycles. The number of nitrogens with one attached hydrogen (secondary N) is 1. The Balaban J connectivity index is 2.41. The fourth-order valence-corrected chi connectivity index (χ4v) is 1.92. The van der Waals surface area contributed by atoms with E-state index in [0.29, 0.717) is 13.2 Å². The lowest BCUT2D eigenvalue weighted by atomic mass is 10.00. The van der Waals surface area contributed by atoms with Crippen LogP contribution in [0.3, 0.4) is 0 Å². The number of rotatable bonds is 4. The summed E-state index contributed by atoms with van der Waals surface area (Å²) in [6.45, 7) is 1.27. The number of hydrogen-bond acceptors (Lipinski definition) is 2. The Morgan fingerprint density at radius 3 is 2.93 bits per heavy atom. The first kappa shape index (κ1) is 10.2. The van der Waals surface area contributed by atoms with E-state index in [2.05, 4.69) is 17.1 Å². The van der Waals surface area contributed by atoms with Gasteiger partial charge < -0.3 is 15.5 Å². The molecule has 0 fully saturated rings. The second-order valence-corrected chi connectivity index (χ2v) is 3.68. The van der Waals surface area contributed by atoms with Crippen LogP contribution >= 0.6 is 0 Å². The van der Waals surface area contributed by atoms with Crippen molar-refractivity contribution in [2.24, 2.45) is 5.73 Å². The fraction of sp³-hybridized carbons (Fsp3) is 0.333. The molecule has 3 nitrogen and oxygen atoms in total. The SMILES string of the molecule is COCC(CN)c1c[nH]c2ccccc12. The zero-order chi connectivity index (χ0) is 10.7. The molecule has 15 heavy (non-hydrogen) atoms. The van der Waals surface area contributed by atoms with Crippen LogP contribution in [0.1, 0.15) is 11.5 Å². The Bertz CT molecular complexity index is 436. The maximum absolute atomic E-state index is 5.75. The fourth-order valence-electron chi connectivity index (χ4n) is 1.92. The summed E-state index contributed by atoms with van der Waals surface area (Å²) in [6, 6.07) is 8.25. The van der Waals surface area contributed by atoms with E-state index in [1.165, 1.54) is 10.9 Å². The van der Waals surface area contributed by atoms with Crippen molar-refractivity contribution in [3.8, 4) is 0 Å². The number of H-pyrrole nitrogens is 1. The van der Waals surface area contributed by atoms with Crippen LogP contribution in [-0.2, 0) is 4.74 Å². The second kappa shape index (κ2) is 4.47. The van der Waals surface area contributed by atoms with Crippen molar-refractivity contribution in [3.05, 3.63) is 36.0 Å². The van der Waals surface area contributed by atoms with E-state index < -0.39 is 0 Å². The van der Waals surface area contributed by atoms with E-state index in [4.69, 9.17) is 10.5 Å². The number of para-hydroxylation sites is 1.